The highest BCUT2D eigenvalue weighted by Gasteiger charge is 2.23. The van der Waals surface area contributed by atoms with Gasteiger partial charge in [0, 0.05) is 30.1 Å². The van der Waals surface area contributed by atoms with E-state index in [1.165, 1.54) is 31.9 Å². The quantitative estimate of drug-likeness (QED) is 0.929. The Morgan fingerprint density at radius 1 is 1.25 bits per heavy atom. The minimum absolute atomic E-state index is 0.268. The second-order valence-electron chi connectivity index (χ2n) is 5.40. The maximum atomic E-state index is 11.3. The standard InChI is InChI=1S/C16H18N2O2/c1-18(11-6-2-3-7-11)15-13-9-5-4-8-12(13)14(10-17-15)16(19)20/h4-5,8-11H,2-3,6-7H2,1H3,(H,19,20). The lowest BCUT2D eigenvalue weighted by atomic mass is 10.1. The Hall–Kier alpha value is -2.10. The van der Waals surface area contributed by atoms with Crippen LogP contribution in [0.5, 0.6) is 0 Å². The van der Waals surface area contributed by atoms with E-state index < -0.39 is 5.97 Å². The van der Waals surface area contributed by atoms with Crippen LogP contribution >= 0.6 is 0 Å². The van der Waals surface area contributed by atoms with Gasteiger partial charge < -0.3 is 10.0 Å². The van der Waals surface area contributed by atoms with Crippen LogP contribution in [0.1, 0.15) is 36.0 Å². The Morgan fingerprint density at radius 2 is 1.90 bits per heavy atom. The first-order valence-electron chi connectivity index (χ1n) is 7.02. The van der Waals surface area contributed by atoms with Gasteiger partial charge in [0.25, 0.3) is 0 Å². The molecule has 20 heavy (non-hydrogen) atoms. The lowest BCUT2D eigenvalue weighted by Gasteiger charge is -2.26. The maximum Gasteiger partial charge on any atom is 0.337 e. The fourth-order valence-electron chi connectivity index (χ4n) is 3.09. The lowest BCUT2D eigenvalue weighted by Crippen LogP contribution is -2.29. The van der Waals surface area contributed by atoms with Gasteiger partial charge in [-0.25, -0.2) is 9.78 Å². The number of carboxylic acid groups (broad SMARTS) is 1. The highest BCUT2D eigenvalue weighted by Crippen LogP contribution is 2.31. The van der Waals surface area contributed by atoms with Gasteiger partial charge in [-0.1, -0.05) is 37.1 Å². The molecule has 0 amide bonds. The molecule has 1 aliphatic rings. The molecule has 4 heteroatoms. The molecule has 4 nitrogen and oxygen atoms in total. The van der Waals surface area contributed by atoms with Crippen molar-refractivity contribution in [2.24, 2.45) is 0 Å². The van der Waals surface area contributed by atoms with Crippen molar-refractivity contribution in [1.29, 1.82) is 0 Å². The summed E-state index contributed by atoms with van der Waals surface area (Å²) in [5.74, 6) is -0.0405. The van der Waals surface area contributed by atoms with Gasteiger partial charge >= 0.3 is 5.97 Å². The predicted molar refractivity (Wildman–Crippen MR) is 79.4 cm³/mol. The molecule has 1 heterocycles. The van der Waals surface area contributed by atoms with Crippen LogP contribution in [-0.4, -0.2) is 29.1 Å². The molecule has 0 saturated heterocycles. The van der Waals surface area contributed by atoms with Gasteiger partial charge in [-0.2, -0.15) is 0 Å². The summed E-state index contributed by atoms with van der Waals surface area (Å²) in [5, 5.41) is 10.9. The summed E-state index contributed by atoms with van der Waals surface area (Å²) in [6.07, 6.45) is 6.38. The number of nitrogens with zero attached hydrogens (tertiary/aromatic N) is 2. The Labute approximate surface area is 118 Å². The molecule has 1 aliphatic carbocycles. The molecule has 0 unspecified atom stereocenters. The number of fused-ring (bicyclic) bond motifs is 1. The number of aromatic carboxylic acids is 1. The first-order valence-corrected chi connectivity index (χ1v) is 7.02. The molecule has 0 spiro atoms. The van der Waals surface area contributed by atoms with Crippen molar-refractivity contribution in [3.05, 3.63) is 36.0 Å². The molecule has 0 atom stereocenters. The molecule has 0 radical (unpaired) electrons. The zero-order chi connectivity index (χ0) is 14.1. The van der Waals surface area contributed by atoms with Crippen molar-refractivity contribution in [3.63, 3.8) is 0 Å². The van der Waals surface area contributed by atoms with Crippen LogP contribution in [0, 0.1) is 0 Å². The van der Waals surface area contributed by atoms with Crippen LogP contribution in [0.3, 0.4) is 0 Å². The van der Waals surface area contributed by atoms with Crippen molar-refractivity contribution in [2.75, 3.05) is 11.9 Å². The van der Waals surface area contributed by atoms with E-state index in [1.807, 2.05) is 24.3 Å². The van der Waals surface area contributed by atoms with Gasteiger partial charge in [0.2, 0.25) is 0 Å². The maximum absolute atomic E-state index is 11.3. The number of anilines is 1. The van der Waals surface area contributed by atoms with Crippen LogP contribution in [0.25, 0.3) is 10.8 Å². The monoisotopic (exact) mass is 270 g/mol. The summed E-state index contributed by atoms with van der Waals surface area (Å²) in [6, 6.07) is 8.12. The topological polar surface area (TPSA) is 53.4 Å². The summed E-state index contributed by atoms with van der Waals surface area (Å²) in [4.78, 5) is 17.9. The van der Waals surface area contributed by atoms with Crippen LogP contribution in [0.4, 0.5) is 5.82 Å². The average molecular weight is 270 g/mol. The first-order chi connectivity index (χ1) is 9.68. The van der Waals surface area contributed by atoms with E-state index in [2.05, 4.69) is 16.9 Å². The zero-order valence-corrected chi connectivity index (χ0v) is 11.5. The number of rotatable bonds is 3. The Bertz CT molecular complexity index is 648. The average Bonchev–Trinajstić information content (AvgIpc) is 2.99. The Balaban J connectivity index is 2.12. The summed E-state index contributed by atoms with van der Waals surface area (Å²) in [6.45, 7) is 0. The van der Waals surface area contributed by atoms with Gasteiger partial charge in [0.1, 0.15) is 5.82 Å². The summed E-state index contributed by atoms with van der Waals surface area (Å²) < 4.78 is 0. The van der Waals surface area contributed by atoms with E-state index in [9.17, 15) is 9.90 Å². The summed E-state index contributed by atoms with van der Waals surface area (Å²) in [5.41, 5.74) is 0.268. The van der Waals surface area contributed by atoms with Crippen LogP contribution < -0.4 is 4.90 Å². The molecule has 3 rings (SSSR count). The van der Waals surface area contributed by atoms with Crippen molar-refractivity contribution < 1.29 is 9.90 Å². The van der Waals surface area contributed by atoms with Crippen LogP contribution in [-0.2, 0) is 0 Å². The van der Waals surface area contributed by atoms with Gasteiger partial charge in [-0.15, -0.1) is 0 Å². The molecule has 1 aromatic carbocycles. The second kappa shape index (κ2) is 5.12. The Morgan fingerprint density at radius 3 is 2.55 bits per heavy atom. The van der Waals surface area contributed by atoms with Gasteiger partial charge in [-0.05, 0) is 12.8 Å². The third-order valence-corrected chi connectivity index (χ3v) is 4.21. The molecule has 1 saturated carbocycles. The smallest absolute Gasteiger partial charge is 0.337 e. The molecule has 104 valence electrons. The fraction of sp³-hybridized carbons (Fsp3) is 0.375. The van der Waals surface area contributed by atoms with E-state index in [-0.39, 0.29) is 5.56 Å². The molecule has 0 bridgehead atoms. The molecular formula is C16H18N2O2. The van der Waals surface area contributed by atoms with E-state index in [0.29, 0.717) is 6.04 Å². The highest BCUT2D eigenvalue weighted by molar-refractivity contribution is 6.06. The fourth-order valence-corrected chi connectivity index (χ4v) is 3.09. The van der Waals surface area contributed by atoms with Crippen molar-refractivity contribution in [1.82, 2.24) is 4.98 Å². The number of benzene rings is 1. The van der Waals surface area contributed by atoms with Gasteiger partial charge in [0.05, 0.1) is 5.56 Å². The van der Waals surface area contributed by atoms with E-state index in [1.54, 1.807) is 0 Å². The van der Waals surface area contributed by atoms with Crippen molar-refractivity contribution in [2.45, 2.75) is 31.7 Å². The van der Waals surface area contributed by atoms with E-state index >= 15 is 0 Å². The minimum atomic E-state index is -0.927. The molecular weight excluding hydrogens is 252 g/mol. The molecule has 0 aliphatic heterocycles. The largest absolute Gasteiger partial charge is 0.478 e. The molecule has 2 aromatic rings. The lowest BCUT2D eigenvalue weighted by molar-refractivity contribution is 0.0698. The number of carboxylic acids is 1. The third-order valence-electron chi connectivity index (χ3n) is 4.21. The molecule has 1 N–H and O–H groups in total. The van der Waals surface area contributed by atoms with Crippen molar-refractivity contribution >= 4 is 22.6 Å². The number of hydrogen-bond acceptors (Lipinski definition) is 3. The SMILES string of the molecule is CN(c1ncc(C(=O)O)c2ccccc12)C1CCCC1. The normalized spacial score (nSPS) is 15.7. The first kappa shape index (κ1) is 12.9. The zero-order valence-electron chi connectivity index (χ0n) is 11.5. The predicted octanol–water partition coefficient (Wildman–Crippen LogP) is 3.31. The summed E-state index contributed by atoms with van der Waals surface area (Å²) >= 11 is 0. The molecule has 1 aromatic heterocycles. The number of pyridine rings is 1. The minimum Gasteiger partial charge on any atom is -0.478 e. The summed E-state index contributed by atoms with van der Waals surface area (Å²) in [7, 11) is 2.06. The molecule has 1 fully saturated rings. The van der Waals surface area contributed by atoms with Crippen LogP contribution in [0.15, 0.2) is 30.5 Å². The number of aromatic nitrogens is 1. The number of carbonyl (C=O) groups is 1. The van der Waals surface area contributed by atoms with E-state index in [0.717, 1.165) is 16.6 Å². The number of hydrogen-bond donors (Lipinski definition) is 1. The van der Waals surface area contributed by atoms with Crippen molar-refractivity contribution in [3.8, 4) is 0 Å². The van der Waals surface area contributed by atoms with E-state index in [4.69, 9.17) is 0 Å². The van der Waals surface area contributed by atoms with Gasteiger partial charge in [-0.3, -0.25) is 0 Å². The third kappa shape index (κ3) is 2.11. The highest BCUT2D eigenvalue weighted by atomic mass is 16.4. The second-order valence-corrected chi connectivity index (χ2v) is 5.40. The van der Waals surface area contributed by atoms with Crippen LogP contribution in [0.2, 0.25) is 0 Å². The Kier molecular flexibility index (Phi) is 3.30. The van der Waals surface area contributed by atoms with Gasteiger partial charge in [0.15, 0.2) is 0 Å².